The molecule has 18 heavy (non-hydrogen) atoms. The maximum absolute atomic E-state index is 6.02. The highest BCUT2D eigenvalue weighted by Crippen LogP contribution is 2.33. The van der Waals surface area contributed by atoms with Gasteiger partial charge < -0.3 is 11.5 Å². The minimum atomic E-state index is 0.375. The molecule has 0 saturated heterocycles. The fourth-order valence-corrected chi connectivity index (χ4v) is 2.18. The summed E-state index contributed by atoms with van der Waals surface area (Å²) < 4.78 is 0. The van der Waals surface area contributed by atoms with Crippen LogP contribution in [0.25, 0.3) is 21.9 Å². The van der Waals surface area contributed by atoms with Crippen LogP contribution in [0.3, 0.4) is 0 Å². The largest absolute Gasteiger partial charge is 0.395 e. The topological polar surface area (TPSA) is 64.9 Å². The van der Waals surface area contributed by atoms with Crippen molar-refractivity contribution < 1.29 is 0 Å². The molecular formula is C15H13N3. The Morgan fingerprint density at radius 2 is 1.56 bits per heavy atom. The number of hydrogen-bond donors (Lipinski definition) is 2. The maximum atomic E-state index is 6.02. The first-order chi connectivity index (χ1) is 8.77. The van der Waals surface area contributed by atoms with Gasteiger partial charge >= 0.3 is 0 Å². The van der Waals surface area contributed by atoms with Crippen LogP contribution in [0.1, 0.15) is 0 Å². The summed E-state index contributed by atoms with van der Waals surface area (Å²) in [7, 11) is 0. The fraction of sp³-hybridized carbons (Fsp3) is 0. The number of anilines is 2. The third-order valence-electron chi connectivity index (χ3n) is 3.10. The molecule has 0 aliphatic carbocycles. The number of nitrogens with two attached hydrogens (primary N) is 2. The Bertz CT molecular complexity index is 715. The van der Waals surface area contributed by atoms with Crippen molar-refractivity contribution in [3.63, 3.8) is 0 Å². The van der Waals surface area contributed by atoms with Crippen LogP contribution in [-0.2, 0) is 0 Å². The molecule has 0 fully saturated rings. The predicted molar refractivity (Wildman–Crippen MR) is 76.0 cm³/mol. The van der Waals surface area contributed by atoms with Gasteiger partial charge in [-0.2, -0.15) is 0 Å². The van der Waals surface area contributed by atoms with Gasteiger partial charge in [-0.05, 0) is 22.4 Å². The van der Waals surface area contributed by atoms with E-state index in [2.05, 4.69) is 23.2 Å². The second-order valence-corrected chi connectivity index (χ2v) is 4.18. The summed E-state index contributed by atoms with van der Waals surface area (Å²) in [6, 6.07) is 16.3. The van der Waals surface area contributed by atoms with Gasteiger partial charge in [0, 0.05) is 11.8 Å². The number of rotatable bonds is 1. The van der Waals surface area contributed by atoms with E-state index in [9.17, 15) is 0 Å². The summed E-state index contributed by atoms with van der Waals surface area (Å²) in [6.45, 7) is 0. The highest BCUT2D eigenvalue weighted by atomic mass is 14.9. The molecule has 0 aliphatic rings. The van der Waals surface area contributed by atoms with Crippen molar-refractivity contribution in [2.24, 2.45) is 0 Å². The first-order valence-corrected chi connectivity index (χ1v) is 5.75. The normalized spacial score (nSPS) is 10.7. The van der Waals surface area contributed by atoms with Gasteiger partial charge in [0.05, 0.1) is 5.69 Å². The van der Waals surface area contributed by atoms with Crippen LogP contribution in [0.5, 0.6) is 0 Å². The van der Waals surface area contributed by atoms with Gasteiger partial charge in [-0.1, -0.05) is 42.5 Å². The maximum Gasteiger partial charge on any atom is 0.147 e. The molecule has 1 aromatic heterocycles. The zero-order valence-corrected chi connectivity index (χ0v) is 9.80. The van der Waals surface area contributed by atoms with Gasteiger partial charge in [-0.3, -0.25) is 0 Å². The number of hydrogen-bond acceptors (Lipinski definition) is 3. The van der Waals surface area contributed by atoms with E-state index in [1.807, 2.05) is 30.3 Å². The minimum absolute atomic E-state index is 0.375. The van der Waals surface area contributed by atoms with Crippen LogP contribution >= 0.6 is 0 Å². The van der Waals surface area contributed by atoms with E-state index in [1.54, 1.807) is 6.20 Å². The van der Waals surface area contributed by atoms with Gasteiger partial charge in [-0.25, -0.2) is 4.98 Å². The van der Waals surface area contributed by atoms with Crippen molar-refractivity contribution >= 4 is 22.3 Å². The van der Waals surface area contributed by atoms with E-state index in [0.717, 1.165) is 16.5 Å². The lowest BCUT2D eigenvalue weighted by atomic mass is 9.98. The van der Waals surface area contributed by atoms with Crippen LogP contribution in [0.4, 0.5) is 11.5 Å². The van der Waals surface area contributed by atoms with Gasteiger partial charge in [0.1, 0.15) is 5.82 Å². The van der Waals surface area contributed by atoms with E-state index in [-0.39, 0.29) is 0 Å². The zero-order valence-electron chi connectivity index (χ0n) is 9.80. The SMILES string of the molecule is Nc1nccc(-c2cccc3ccccc23)c1N. The van der Waals surface area contributed by atoms with Crippen molar-refractivity contribution in [2.45, 2.75) is 0 Å². The molecule has 0 unspecified atom stereocenters. The third kappa shape index (κ3) is 1.57. The molecule has 0 atom stereocenters. The molecule has 88 valence electrons. The fourth-order valence-electron chi connectivity index (χ4n) is 2.18. The molecule has 3 heteroatoms. The second-order valence-electron chi connectivity index (χ2n) is 4.18. The quantitative estimate of drug-likeness (QED) is 0.681. The Hall–Kier alpha value is -2.55. The first-order valence-electron chi connectivity index (χ1n) is 5.75. The van der Waals surface area contributed by atoms with Gasteiger partial charge in [0.15, 0.2) is 0 Å². The molecule has 0 aliphatic heterocycles. The summed E-state index contributed by atoms with van der Waals surface area (Å²) in [5.74, 6) is 0.375. The molecule has 3 rings (SSSR count). The van der Waals surface area contributed by atoms with Gasteiger partial charge in [-0.15, -0.1) is 0 Å². The van der Waals surface area contributed by atoms with Crippen LogP contribution in [0.15, 0.2) is 54.7 Å². The molecule has 2 aromatic carbocycles. The van der Waals surface area contributed by atoms with Crippen LogP contribution in [-0.4, -0.2) is 4.98 Å². The van der Waals surface area contributed by atoms with Gasteiger partial charge in [0.25, 0.3) is 0 Å². The number of pyridine rings is 1. The lowest BCUT2D eigenvalue weighted by Crippen LogP contribution is -1.99. The monoisotopic (exact) mass is 235 g/mol. The Morgan fingerprint density at radius 1 is 0.778 bits per heavy atom. The molecule has 0 radical (unpaired) electrons. The standard InChI is InChI=1S/C15H13N3/c16-14-13(8-9-18-15(14)17)12-7-3-5-10-4-1-2-6-11(10)12/h1-9H,16H2,(H2,17,18). The Balaban J connectivity index is 2.35. The van der Waals surface area contributed by atoms with Crippen LogP contribution < -0.4 is 11.5 Å². The van der Waals surface area contributed by atoms with E-state index in [4.69, 9.17) is 11.5 Å². The predicted octanol–water partition coefficient (Wildman–Crippen LogP) is 3.07. The van der Waals surface area contributed by atoms with Crippen molar-refractivity contribution in [2.75, 3.05) is 11.5 Å². The van der Waals surface area contributed by atoms with E-state index in [0.29, 0.717) is 11.5 Å². The molecular weight excluding hydrogens is 222 g/mol. The summed E-state index contributed by atoms with van der Waals surface area (Å²) in [6.07, 6.45) is 1.68. The van der Waals surface area contributed by atoms with E-state index in [1.165, 1.54) is 5.39 Å². The van der Waals surface area contributed by atoms with Crippen molar-refractivity contribution in [1.29, 1.82) is 0 Å². The smallest absolute Gasteiger partial charge is 0.147 e. The van der Waals surface area contributed by atoms with E-state index >= 15 is 0 Å². The number of nitrogen functional groups attached to an aromatic ring is 2. The highest BCUT2D eigenvalue weighted by molar-refractivity contribution is 6.00. The number of fused-ring (bicyclic) bond motifs is 1. The van der Waals surface area contributed by atoms with Crippen LogP contribution in [0, 0.1) is 0 Å². The first kappa shape index (κ1) is 10.6. The molecule has 3 aromatic rings. The third-order valence-corrected chi connectivity index (χ3v) is 3.10. The number of nitrogens with zero attached hydrogens (tertiary/aromatic N) is 1. The highest BCUT2D eigenvalue weighted by Gasteiger charge is 2.08. The average molecular weight is 235 g/mol. The van der Waals surface area contributed by atoms with Gasteiger partial charge in [0.2, 0.25) is 0 Å². The molecule has 0 amide bonds. The van der Waals surface area contributed by atoms with Crippen LogP contribution in [0.2, 0.25) is 0 Å². The lowest BCUT2D eigenvalue weighted by molar-refractivity contribution is 1.34. The summed E-state index contributed by atoms with van der Waals surface area (Å²) in [4.78, 5) is 4.00. The summed E-state index contributed by atoms with van der Waals surface area (Å²) >= 11 is 0. The molecule has 4 N–H and O–H groups in total. The summed E-state index contributed by atoms with van der Waals surface area (Å²) in [5.41, 5.74) is 14.3. The molecule has 0 bridgehead atoms. The molecule has 0 saturated carbocycles. The number of benzene rings is 2. The Kier molecular flexibility index (Phi) is 2.38. The van der Waals surface area contributed by atoms with Crippen molar-refractivity contribution in [1.82, 2.24) is 4.98 Å². The van der Waals surface area contributed by atoms with Crippen molar-refractivity contribution in [3.8, 4) is 11.1 Å². The number of aromatic nitrogens is 1. The zero-order chi connectivity index (χ0) is 12.5. The molecule has 3 nitrogen and oxygen atoms in total. The second kappa shape index (κ2) is 4.04. The Morgan fingerprint density at radius 3 is 2.44 bits per heavy atom. The molecule has 1 heterocycles. The molecule has 0 spiro atoms. The van der Waals surface area contributed by atoms with Crippen molar-refractivity contribution in [3.05, 3.63) is 54.7 Å². The lowest BCUT2D eigenvalue weighted by Gasteiger charge is -2.10. The average Bonchev–Trinajstić information content (AvgIpc) is 2.41. The summed E-state index contributed by atoms with van der Waals surface area (Å²) in [5, 5.41) is 2.35. The Labute approximate surface area is 105 Å². The minimum Gasteiger partial charge on any atom is -0.395 e. The van der Waals surface area contributed by atoms with E-state index < -0.39 is 0 Å².